The van der Waals surface area contributed by atoms with Gasteiger partial charge in [0, 0.05) is 60.3 Å². The number of fused-ring (bicyclic) bond motifs is 1. The Hall–Kier alpha value is -2.47. The van der Waals surface area contributed by atoms with Gasteiger partial charge in [-0.05, 0) is 43.9 Å². The number of hydrogen-bond donors (Lipinski definition) is 2. The van der Waals surface area contributed by atoms with Gasteiger partial charge in [-0.25, -0.2) is 4.98 Å². The molecule has 5 rings (SSSR count). The molecule has 1 aliphatic carbocycles. The maximum atomic E-state index is 14.1. The van der Waals surface area contributed by atoms with Gasteiger partial charge < -0.3 is 10.6 Å². The Labute approximate surface area is 213 Å². The number of piperazine rings is 1. The average molecular weight is 491 g/mol. The van der Waals surface area contributed by atoms with Crippen molar-refractivity contribution >= 4 is 28.4 Å². The number of pyridine rings is 1. The van der Waals surface area contributed by atoms with E-state index in [0.717, 1.165) is 59.5 Å². The molecule has 0 radical (unpaired) electrons. The molecule has 2 fully saturated rings. The minimum atomic E-state index is -0.0138. The van der Waals surface area contributed by atoms with Gasteiger partial charge in [0.2, 0.25) is 0 Å². The van der Waals surface area contributed by atoms with Crippen LogP contribution in [-0.4, -0.2) is 48.0 Å². The third-order valence-corrected chi connectivity index (χ3v) is 7.86. The van der Waals surface area contributed by atoms with Gasteiger partial charge in [0.15, 0.2) is 0 Å². The van der Waals surface area contributed by atoms with Crippen LogP contribution in [0.25, 0.3) is 22.2 Å². The zero-order chi connectivity index (χ0) is 24.2. The van der Waals surface area contributed by atoms with E-state index in [1.165, 1.54) is 32.1 Å². The lowest BCUT2D eigenvalue weighted by Crippen LogP contribution is -2.43. The molecule has 2 aliphatic rings. The third kappa shape index (κ3) is 5.53. The highest BCUT2D eigenvalue weighted by Gasteiger charge is 2.27. The second-order valence-corrected chi connectivity index (χ2v) is 10.5. The fraction of sp³-hybridized carbons (Fsp3) is 0.448. The van der Waals surface area contributed by atoms with E-state index in [1.54, 1.807) is 0 Å². The van der Waals surface area contributed by atoms with Crippen LogP contribution >= 0.6 is 11.6 Å². The molecule has 1 aliphatic heterocycles. The van der Waals surface area contributed by atoms with Gasteiger partial charge in [0.1, 0.15) is 0 Å². The van der Waals surface area contributed by atoms with Gasteiger partial charge in [0.05, 0.1) is 16.8 Å². The van der Waals surface area contributed by atoms with Crippen LogP contribution in [-0.2, 0) is 6.54 Å². The van der Waals surface area contributed by atoms with Crippen molar-refractivity contribution in [3.63, 3.8) is 0 Å². The minimum absolute atomic E-state index is 0.0138. The Balaban J connectivity index is 1.62. The Morgan fingerprint density at radius 2 is 1.86 bits per heavy atom. The van der Waals surface area contributed by atoms with E-state index in [1.807, 2.05) is 36.4 Å². The summed E-state index contributed by atoms with van der Waals surface area (Å²) in [4.78, 5) is 21.6. The van der Waals surface area contributed by atoms with Crippen LogP contribution in [0.2, 0.25) is 5.02 Å². The number of halogens is 1. The van der Waals surface area contributed by atoms with E-state index >= 15 is 0 Å². The van der Waals surface area contributed by atoms with Gasteiger partial charge in [-0.2, -0.15) is 0 Å². The number of amides is 1. The molecule has 1 atom stereocenters. The molecular weight excluding hydrogens is 456 g/mol. The summed E-state index contributed by atoms with van der Waals surface area (Å²) in [6.07, 6.45) is 6.19. The summed E-state index contributed by atoms with van der Waals surface area (Å²) in [7, 11) is 0. The highest BCUT2D eigenvalue weighted by molar-refractivity contribution is 6.31. The maximum absolute atomic E-state index is 14.1. The van der Waals surface area contributed by atoms with Crippen molar-refractivity contribution in [1.82, 2.24) is 20.5 Å². The van der Waals surface area contributed by atoms with E-state index in [2.05, 4.69) is 34.6 Å². The van der Waals surface area contributed by atoms with E-state index in [-0.39, 0.29) is 11.9 Å². The first kappa shape index (κ1) is 24.2. The van der Waals surface area contributed by atoms with Crippen LogP contribution in [0.3, 0.4) is 0 Å². The van der Waals surface area contributed by atoms with Crippen molar-refractivity contribution in [2.24, 2.45) is 5.92 Å². The van der Waals surface area contributed by atoms with E-state index in [4.69, 9.17) is 16.6 Å². The smallest absolute Gasteiger partial charge is 0.252 e. The fourth-order valence-electron chi connectivity index (χ4n) is 5.65. The molecule has 1 amide bonds. The molecule has 2 aromatic carbocycles. The van der Waals surface area contributed by atoms with Gasteiger partial charge in [-0.15, -0.1) is 0 Å². The monoisotopic (exact) mass is 490 g/mol. The van der Waals surface area contributed by atoms with Gasteiger partial charge >= 0.3 is 0 Å². The van der Waals surface area contributed by atoms with E-state index in [0.29, 0.717) is 17.5 Å². The fourth-order valence-corrected chi connectivity index (χ4v) is 5.82. The molecule has 2 heterocycles. The molecule has 5 nitrogen and oxygen atoms in total. The number of rotatable bonds is 6. The zero-order valence-electron chi connectivity index (χ0n) is 20.5. The maximum Gasteiger partial charge on any atom is 0.252 e. The van der Waals surface area contributed by atoms with Crippen molar-refractivity contribution in [3.05, 3.63) is 64.7 Å². The highest BCUT2D eigenvalue weighted by atomic mass is 35.5. The molecule has 1 aromatic heterocycles. The van der Waals surface area contributed by atoms with Gasteiger partial charge in [-0.3, -0.25) is 9.69 Å². The Kier molecular flexibility index (Phi) is 7.66. The first-order valence-corrected chi connectivity index (χ1v) is 13.4. The Morgan fingerprint density at radius 3 is 2.60 bits per heavy atom. The summed E-state index contributed by atoms with van der Waals surface area (Å²) >= 11 is 6.45. The topological polar surface area (TPSA) is 57.3 Å². The number of hydrogen-bond acceptors (Lipinski definition) is 4. The van der Waals surface area contributed by atoms with Gasteiger partial charge in [-0.1, -0.05) is 61.2 Å². The molecule has 35 heavy (non-hydrogen) atoms. The molecule has 1 saturated heterocycles. The summed E-state index contributed by atoms with van der Waals surface area (Å²) in [6.45, 7) is 6.64. The second kappa shape index (κ2) is 11.1. The molecule has 0 spiro atoms. The number of carbonyl (C=O) groups excluding carboxylic acids is 1. The number of nitrogens with one attached hydrogen (secondary N) is 2. The summed E-state index contributed by atoms with van der Waals surface area (Å²) < 4.78 is 0. The number of aromatic nitrogens is 1. The van der Waals surface area contributed by atoms with Crippen molar-refractivity contribution in [2.45, 2.75) is 51.6 Å². The molecule has 184 valence electrons. The quantitative estimate of drug-likeness (QED) is 0.468. The predicted octanol–water partition coefficient (Wildman–Crippen LogP) is 5.66. The molecule has 3 aromatic rings. The summed E-state index contributed by atoms with van der Waals surface area (Å²) in [5.41, 5.74) is 4.42. The van der Waals surface area contributed by atoms with Crippen molar-refractivity contribution in [1.29, 1.82) is 0 Å². The number of benzene rings is 2. The second-order valence-electron chi connectivity index (χ2n) is 10.0. The zero-order valence-corrected chi connectivity index (χ0v) is 21.3. The lowest BCUT2D eigenvalue weighted by molar-refractivity contribution is 0.0918. The van der Waals surface area contributed by atoms with Crippen LogP contribution < -0.4 is 10.6 Å². The van der Waals surface area contributed by atoms with Crippen LogP contribution in [0.1, 0.15) is 54.9 Å². The highest BCUT2D eigenvalue weighted by Crippen LogP contribution is 2.33. The van der Waals surface area contributed by atoms with Crippen LogP contribution in [0, 0.1) is 5.92 Å². The molecule has 6 heteroatoms. The van der Waals surface area contributed by atoms with Crippen molar-refractivity contribution < 1.29 is 4.79 Å². The lowest BCUT2D eigenvalue weighted by atomic mass is 9.84. The normalized spacial score (nSPS) is 18.5. The van der Waals surface area contributed by atoms with Crippen LogP contribution in [0.5, 0.6) is 0 Å². The molecule has 1 saturated carbocycles. The van der Waals surface area contributed by atoms with Gasteiger partial charge in [0.25, 0.3) is 5.91 Å². The number of carbonyl (C=O) groups is 1. The summed E-state index contributed by atoms with van der Waals surface area (Å²) in [5, 5.41) is 8.27. The summed E-state index contributed by atoms with van der Waals surface area (Å²) in [5.74, 6) is 0.523. The largest absolute Gasteiger partial charge is 0.349 e. The van der Waals surface area contributed by atoms with Crippen LogP contribution in [0.15, 0.2) is 48.5 Å². The van der Waals surface area contributed by atoms with Crippen molar-refractivity contribution in [3.8, 4) is 11.3 Å². The first-order valence-electron chi connectivity index (χ1n) is 13.0. The van der Waals surface area contributed by atoms with Crippen LogP contribution in [0.4, 0.5) is 0 Å². The third-order valence-electron chi connectivity index (χ3n) is 7.63. The standard InChI is InChI=1S/C29H35ClN4O/c1-20(21-8-4-2-5-9-21)32-29(35)27-24-18-23(30)12-13-26(24)33-28(22-10-6-3-7-11-22)25(27)19-34-16-14-31-15-17-34/h3,6-7,10-13,18,20-21,31H,2,4-5,8-9,14-17,19H2,1H3,(H,32,35). The average Bonchev–Trinajstić information content (AvgIpc) is 2.90. The molecule has 0 bridgehead atoms. The molecule has 1 unspecified atom stereocenters. The predicted molar refractivity (Wildman–Crippen MR) is 144 cm³/mol. The van der Waals surface area contributed by atoms with Crippen molar-refractivity contribution in [2.75, 3.05) is 26.2 Å². The Morgan fingerprint density at radius 1 is 1.11 bits per heavy atom. The summed E-state index contributed by atoms with van der Waals surface area (Å²) in [6, 6.07) is 16.1. The lowest BCUT2D eigenvalue weighted by Gasteiger charge is -2.30. The SMILES string of the molecule is CC(NC(=O)c1c(CN2CCNCC2)c(-c2ccccc2)nc2ccc(Cl)cc12)C1CCCCC1. The molecule has 2 N–H and O–H groups in total. The minimum Gasteiger partial charge on any atom is -0.349 e. The van der Waals surface area contributed by atoms with E-state index < -0.39 is 0 Å². The number of nitrogens with zero attached hydrogens (tertiary/aromatic N) is 2. The van der Waals surface area contributed by atoms with E-state index in [9.17, 15) is 4.79 Å². The Bertz CT molecular complexity index is 1170. The first-order chi connectivity index (χ1) is 17.1. The molecular formula is C29H35ClN4O.